The van der Waals surface area contributed by atoms with Gasteiger partial charge in [0, 0.05) is 34.9 Å². The summed E-state index contributed by atoms with van der Waals surface area (Å²) in [6.45, 7) is 10.2. The van der Waals surface area contributed by atoms with Crippen molar-refractivity contribution in [3.63, 3.8) is 0 Å². The molecule has 8 heteroatoms. The van der Waals surface area contributed by atoms with Crippen molar-refractivity contribution >= 4 is 34.2 Å². The van der Waals surface area contributed by atoms with Gasteiger partial charge in [0.1, 0.15) is 0 Å². The number of rotatable bonds is 16. The Kier molecular flexibility index (Phi) is 12.5. The summed E-state index contributed by atoms with van der Waals surface area (Å²) in [5.41, 5.74) is 6.55. The highest BCUT2D eigenvalue weighted by atomic mass is 35.5. The highest BCUT2D eigenvalue weighted by Gasteiger charge is 2.21. The van der Waals surface area contributed by atoms with E-state index >= 15 is 0 Å². The molecule has 0 radical (unpaired) electrons. The molecule has 0 amide bonds. The minimum Gasteiger partial charge on any atom is -0.493 e. The summed E-state index contributed by atoms with van der Waals surface area (Å²) in [6, 6.07) is 25.7. The molecule has 0 fully saturated rings. The van der Waals surface area contributed by atoms with Gasteiger partial charge in [-0.15, -0.1) is 12.4 Å². The third-order valence-electron chi connectivity index (χ3n) is 8.46. The third kappa shape index (κ3) is 7.72. The van der Waals surface area contributed by atoms with E-state index in [9.17, 15) is 0 Å². The highest BCUT2D eigenvalue weighted by Crippen LogP contribution is 2.43. The number of benzene rings is 3. The first-order valence-corrected chi connectivity index (χ1v) is 15.8. The van der Waals surface area contributed by atoms with E-state index in [0.29, 0.717) is 23.8 Å². The monoisotopic (exact) mass is 630 g/mol. The largest absolute Gasteiger partial charge is 0.493 e. The standard InChI is InChI=1S/C37H46N4O3.ClH/c1-6-40(7-2)21-14-20-38-26-29-25-31-30-18-11-12-19-32(30)41(22-13-17-27-15-9-8-10-16-27)36(31)35(39-29)28-23-33(42-3)37(44-5)34(24-28)43-4;/h8-12,15-16,18-19,23-25,38H,6-7,13-14,17,20-22,26H2,1-5H3;1H. The Bertz CT molecular complexity index is 1640. The van der Waals surface area contributed by atoms with E-state index in [1.807, 2.05) is 12.1 Å². The molecule has 45 heavy (non-hydrogen) atoms. The molecule has 2 aromatic heterocycles. The van der Waals surface area contributed by atoms with Crippen LogP contribution in [0.4, 0.5) is 0 Å². The number of fused-ring (bicyclic) bond motifs is 3. The van der Waals surface area contributed by atoms with Crippen molar-refractivity contribution in [3.8, 4) is 28.5 Å². The van der Waals surface area contributed by atoms with E-state index in [4.69, 9.17) is 19.2 Å². The zero-order chi connectivity index (χ0) is 30.9. The van der Waals surface area contributed by atoms with Gasteiger partial charge in [-0.25, -0.2) is 4.98 Å². The topological polar surface area (TPSA) is 60.8 Å². The number of ether oxygens (including phenoxy) is 3. The first-order valence-electron chi connectivity index (χ1n) is 15.8. The second-order valence-corrected chi connectivity index (χ2v) is 11.1. The van der Waals surface area contributed by atoms with Crippen LogP contribution in [0.3, 0.4) is 0 Å². The molecule has 0 spiro atoms. The SMILES string of the molecule is CCN(CC)CCCNCc1cc2c3ccccc3n(CCCc3ccccc3)c2c(-c2cc(OC)c(OC)c(OC)c2)n1.Cl. The molecule has 5 aromatic rings. The first kappa shape index (κ1) is 34.1. The molecule has 3 aromatic carbocycles. The Hall–Kier alpha value is -3.78. The zero-order valence-corrected chi connectivity index (χ0v) is 28.1. The van der Waals surface area contributed by atoms with Crippen LogP contribution >= 0.6 is 12.4 Å². The minimum atomic E-state index is 0. The van der Waals surface area contributed by atoms with Crippen LogP contribution in [-0.2, 0) is 19.5 Å². The molecule has 0 saturated heterocycles. The molecular formula is C37H47ClN4O3. The fraction of sp³-hybridized carbons (Fsp3) is 0.378. The molecule has 0 unspecified atom stereocenters. The summed E-state index contributed by atoms with van der Waals surface area (Å²) < 4.78 is 19.6. The van der Waals surface area contributed by atoms with Crippen molar-refractivity contribution in [3.05, 3.63) is 84.1 Å². The lowest BCUT2D eigenvalue weighted by molar-refractivity contribution is 0.298. The van der Waals surface area contributed by atoms with Gasteiger partial charge < -0.3 is 29.0 Å². The zero-order valence-electron chi connectivity index (χ0n) is 27.3. The fourth-order valence-corrected chi connectivity index (χ4v) is 6.14. The quantitative estimate of drug-likeness (QED) is 0.112. The summed E-state index contributed by atoms with van der Waals surface area (Å²) >= 11 is 0. The van der Waals surface area contributed by atoms with Gasteiger partial charge >= 0.3 is 0 Å². The van der Waals surface area contributed by atoms with Gasteiger partial charge in [-0.05, 0) is 75.3 Å². The van der Waals surface area contributed by atoms with E-state index in [1.165, 1.54) is 21.9 Å². The summed E-state index contributed by atoms with van der Waals surface area (Å²) in [6.07, 6.45) is 3.13. The van der Waals surface area contributed by atoms with Crippen molar-refractivity contribution in [2.45, 2.75) is 46.2 Å². The van der Waals surface area contributed by atoms with Crippen LogP contribution in [0.15, 0.2) is 72.8 Å². The Morgan fingerprint density at radius 1 is 0.800 bits per heavy atom. The lowest BCUT2D eigenvalue weighted by Crippen LogP contribution is -2.27. The van der Waals surface area contributed by atoms with E-state index in [1.54, 1.807) is 21.3 Å². The summed E-state index contributed by atoms with van der Waals surface area (Å²) in [5, 5.41) is 6.10. The maximum absolute atomic E-state index is 5.76. The minimum absolute atomic E-state index is 0. The molecule has 5 rings (SSSR count). The molecule has 0 atom stereocenters. The Morgan fingerprint density at radius 2 is 1.49 bits per heavy atom. The van der Waals surface area contributed by atoms with Crippen molar-refractivity contribution in [2.24, 2.45) is 0 Å². The summed E-state index contributed by atoms with van der Waals surface area (Å²) in [4.78, 5) is 7.78. The fourth-order valence-electron chi connectivity index (χ4n) is 6.14. The lowest BCUT2D eigenvalue weighted by atomic mass is 10.0. The normalized spacial score (nSPS) is 11.2. The number of pyridine rings is 1. The number of aryl methyl sites for hydroxylation is 2. The number of hydrogen-bond acceptors (Lipinski definition) is 6. The van der Waals surface area contributed by atoms with Gasteiger partial charge in [0.25, 0.3) is 0 Å². The third-order valence-corrected chi connectivity index (χ3v) is 8.46. The van der Waals surface area contributed by atoms with Crippen LogP contribution in [0.5, 0.6) is 17.2 Å². The first-order chi connectivity index (χ1) is 21.6. The van der Waals surface area contributed by atoms with E-state index in [0.717, 1.165) is 74.5 Å². The molecule has 0 aliphatic rings. The average Bonchev–Trinajstić information content (AvgIpc) is 3.39. The van der Waals surface area contributed by atoms with Crippen molar-refractivity contribution in [1.82, 2.24) is 19.8 Å². The number of nitrogens with zero attached hydrogens (tertiary/aromatic N) is 3. The predicted octanol–water partition coefficient (Wildman–Crippen LogP) is 7.76. The Labute approximate surface area is 273 Å². The van der Waals surface area contributed by atoms with Crippen LogP contribution < -0.4 is 19.5 Å². The number of nitrogens with one attached hydrogen (secondary N) is 1. The lowest BCUT2D eigenvalue weighted by Gasteiger charge is -2.18. The molecule has 0 bridgehead atoms. The Morgan fingerprint density at radius 3 is 2.16 bits per heavy atom. The number of halogens is 1. The molecule has 240 valence electrons. The van der Waals surface area contributed by atoms with Crippen molar-refractivity contribution < 1.29 is 14.2 Å². The number of hydrogen-bond donors (Lipinski definition) is 1. The molecule has 7 nitrogen and oxygen atoms in total. The number of para-hydroxylation sites is 1. The molecule has 0 aliphatic carbocycles. The molecular weight excluding hydrogens is 584 g/mol. The van der Waals surface area contributed by atoms with E-state index in [-0.39, 0.29) is 12.4 Å². The van der Waals surface area contributed by atoms with Gasteiger partial charge in [-0.1, -0.05) is 62.4 Å². The number of aromatic nitrogens is 2. The van der Waals surface area contributed by atoms with Gasteiger partial charge in [0.2, 0.25) is 5.75 Å². The Balaban J connectivity index is 0.00000461. The van der Waals surface area contributed by atoms with Gasteiger partial charge in [-0.3, -0.25) is 0 Å². The smallest absolute Gasteiger partial charge is 0.203 e. The second kappa shape index (κ2) is 16.5. The maximum atomic E-state index is 5.76. The number of methoxy groups -OCH3 is 3. The average molecular weight is 631 g/mol. The molecule has 2 heterocycles. The van der Waals surface area contributed by atoms with Crippen LogP contribution in [-0.4, -0.2) is 62.0 Å². The van der Waals surface area contributed by atoms with Gasteiger partial charge in [-0.2, -0.15) is 0 Å². The van der Waals surface area contributed by atoms with E-state index in [2.05, 4.69) is 89.3 Å². The molecule has 0 aliphatic heterocycles. The predicted molar refractivity (Wildman–Crippen MR) is 188 cm³/mol. The van der Waals surface area contributed by atoms with Crippen molar-refractivity contribution in [2.75, 3.05) is 47.5 Å². The van der Waals surface area contributed by atoms with Gasteiger partial charge in [0.15, 0.2) is 11.5 Å². The highest BCUT2D eigenvalue weighted by molar-refractivity contribution is 6.12. The summed E-state index contributed by atoms with van der Waals surface area (Å²) in [7, 11) is 4.94. The van der Waals surface area contributed by atoms with Crippen molar-refractivity contribution in [1.29, 1.82) is 0 Å². The summed E-state index contributed by atoms with van der Waals surface area (Å²) in [5.74, 6) is 1.80. The van der Waals surface area contributed by atoms with Crippen LogP contribution in [0.2, 0.25) is 0 Å². The van der Waals surface area contributed by atoms with Gasteiger partial charge in [0.05, 0.1) is 38.2 Å². The maximum Gasteiger partial charge on any atom is 0.203 e. The van der Waals surface area contributed by atoms with Crippen LogP contribution in [0.25, 0.3) is 33.1 Å². The van der Waals surface area contributed by atoms with E-state index < -0.39 is 0 Å². The van der Waals surface area contributed by atoms with Crippen LogP contribution in [0, 0.1) is 0 Å². The molecule has 0 saturated carbocycles. The molecule has 1 N–H and O–H groups in total. The second-order valence-electron chi connectivity index (χ2n) is 11.1. The van der Waals surface area contributed by atoms with Crippen LogP contribution in [0.1, 0.15) is 37.9 Å².